The first-order valence-electron chi connectivity index (χ1n) is 6.97. The quantitative estimate of drug-likeness (QED) is 0.778. The van der Waals surface area contributed by atoms with E-state index in [9.17, 15) is 0 Å². The van der Waals surface area contributed by atoms with Crippen molar-refractivity contribution in [2.45, 2.75) is 52.5 Å². The second kappa shape index (κ2) is 8.65. The molecular weight excluding hydrogens is 288 g/mol. The molecule has 0 aliphatic heterocycles. The third kappa shape index (κ3) is 5.96. The molecular formula is C15H25BrN2. The smallest absolute Gasteiger partial charge is 0.0413 e. The van der Waals surface area contributed by atoms with Crippen LogP contribution in [0.3, 0.4) is 0 Å². The van der Waals surface area contributed by atoms with Gasteiger partial charge in [-0.25, -0.2) is 0 Å². The second-order valence-corrected chi connectivity index (χ2v) is 6.08. The summed E-state index contributed by atoms with van der Waals surface area (Å²) in [5.74, 6) is 0.703. The Labute approximate surface area is 120 Å². The molecule has 0 spiro atoms. The fourth-order valence-corrected chi connectivity index (χ4v) is 2.29. The van der Waals surface area contributed by atoms with Crippen molar-refractivity contribution in [2.24, 2.45) is 5.92 Å². The van der Waals surface area contributed by atoms with Gasteiger partial charge in [-0.15, -0.1) is 0 Å². The number of hydrogen-bond acceptors (Lipinski definition) is 2. The molecule has 102 valence electrons. The molecule has 0 aliphatic carbocycles. The molecule has 2 nitrogen and oxygen atoms in total. The Hall–Kier alpha value is -0.410. The topological polar surface area (TPSA) is 24.9 Å². The highest BCUT2D eigenvalue weighted by atomic mass is 79.9. The lowest BCUT2D eigenvalue weighted by molar-refractivity contribution is 0.370. The molecule has 1 atom stereocenters. The Morgan fingerprint density at radius 3 is 2.67 bits per heavy atom. The SMILES string of the molecule is CCCNC(CCCc1ccc(Br)cn1)C(C)C. The Morgan fingerprint density at radius 1 is 1.33 bits per heavy atom. The number of aryl methyl sites for hydroxylation is 1. The number of hydrogen-bond donors (Lipinski definition) is 1. The molecule has 0 amide bonds. The maximum atomic E-state index is 4.41. The second-order valence-electron chi connectivity index (χ2n) is 5.16. The highest BCUT2D eigenvalue weighted by Gasteiger charge is 2.11. The predicted octanol–water partition coefficient (Wildman–Crippen LogP) is 4.19. The van der Waals surface area contributed by atoms with E-state index in [0.29, 0.717) is 12.0 Å². The minimum atomic E-state index is 0.639. The van der Waals surface area contributed by atoms with Crippen LogP contribution in [0.2, 0.25) is 0 Å². The molecule has 1 N–H and O–H groups in total. The van der Waals surface area contributed by atoms with Crippen molar-refractivity contribution in [3.8, 4) is 0 Å². The number of aromatic nitrogens is 1. The molecule has 0 bridgehead atoms. The van der Waals surface area contributed by atoms with E-state index in [1.54, 1.807) is 0 Å². The van der Waals surface area contributed by atoms with Gasteiger partial charge < -0.3 is 5.32 Å². The molecule has 0 radical (unpaired) electrons. The first-order chi connectivity index (χ1) is 8.63. The van der Waals surface area contributed by atoms with E-state index in [1.165, 1.54) is 25.0 Å². The Kier molecular flexibility index (Phi) is 7.52. The molecule has 0 aromatic carbocycles. The van der Waals surface area contributed by atoms with Gasteiger partial charge in [0.1, 0.15) is 0 Å². The predicted molar refractivity (Wildman–Crippen MR) is 81.8 cm³/mol. The van der Waals surface area contributed by atoms with Crippen molar-refractivity contribution in [2.75, 3.05) is 6.54 Å². The summed E-state index contributed by atoms with van der Waals surface area (Å²) in [6, 6.07) is 4.81. The lowest BCUT2D eigenvalue weighted by atomic mass is 9.97. The van der Waals surface area contributed by atoms with Crippen molar-refractivity contribution in [3.63, 3.8) is 0 Å². The standard InChI is InChI=1S/C15H25BrN2/c1-4-10-17-15(12(2)3)7-5-6-14-9-8-13(16)11-18-14/h8-9,11-12,15,17H,4-7,10H2,1-3H3. The largest absolute Gasteiger partial charge is 0.314 e. The molecule has 0 fully saturated rings. The van der Waals surface area contributed by atoms with E-state index in [-0.39, 0.29) is 0 Å². The Balaban J connectivity index is 2.31. The van der Waals surface area contributed by atoms with Crippen LogP contribution in [0.25, 0.3) is 0 Å². The maximum Gasteiger partial charge on any atom is 0.0413 e. The third-order valence-corrected chi connectivity index (χ3v) is 3.67. The molecule has 1 heterocycles. The van der Waals surface area contributed by atoms with E-state index in [0.717, 1.165) is 17.4 Å². The van der Waals surface area contributed by atoms with Crippen LogP contribution in [0.1, 0.15) is 45.7 Å². The first kappa shape index (κ1) is 15.6. The first-order valence-corrected chi connectivity index (χ1v) is 7.76. The van der Waals surface area contributed by atoms with Gasteiger partial charge in [-0.05, 0) is 66.2 Å². The molecule has 0 saturated carbocycles. The fourth-order valence-electron chi connectivity index (χ4n) is 2.06. The van der Waals surface area contributed by atoms with Gasteiger partial charge in [0.25, 0.3) is 0 Å². The van der Waals surface area contributed by atoms with Crippen molar-refractivity contribution in [1.29, 1.82) is 0 Å². The summed E-state index contributed by atoms with van der Waals surface area (Å²) in [4.78, 5) is 4.41. The van der Waals surface area contributed by atoms with Gasteiger partial charge in [0.15, 0.2) is 0 Å². The Bertz CT molecular complexity index is 322. The van der Waals surface area contributed by atoms with Gasteiger partial charge >= 0.3 is 0 Å². The van der Waals surface area contributed by atoms with Crippen molar-refractivity contribution in [3.05, 3.63) is 28.5 Å². The van der Waals surface area contributed by atoms with Crippen LogP contribution in [-0.2, 0) is 6.42 Å². The number of nitrogens with one attached hydrogen (secondary N) is 1. The van der Waals surface area contributed by atoms with Crippen LogP contribution in [0.4, 0.5) is 0 Å². The summed E-state index contributed by atoms with van der Waals surface area (Å²) >= 11 is 3.41. The van der Waals surface area contributed by atoms with Crippen LogP contribution in [0.15, 0.2) is 22.8 Å². The van der Waals surface area contributed by atoms with Crippen molar-refractivity contribution < 1.29 is 0 Å². The highest BCUT2D eigenvalue weighted by molar-refractivity contribution is 9.10. The average Bonchev–Trinajstić information content (AvgIpc) is 2.35. The maximum absolute atomic E-state index is 4.41. The van der Waals surface area contributed by atoms with E-state index >= 15 is 0 Å². The van der Waals surface area contributed by atoms with E-state index in [2.05, 4.69) is 59.1 Å². The highest BCUT2D eigenvalue weighted by Crippen LogP contribution is 2.13. The van der Waals surface area contributed by atoms with Crippen LogP contribution in [0.5, 0.6) is 0 Å². The minimum absolute atomic E-state index is 0.639. The monoisotopic (exact) mass is 312 g/mol. The number of halogens is 1. The summed E-state index contributed by atoms with van der Waals surface area (Å²) < 4.78 is 1.05. The van der Waals surface area contributed by atoms with Crippen molar-refractivity contribution >= 4 is 15.9 Å². The molecule has 1 unspecified atom stereocenters. The van der Waals surface area contributed by atoms with Gasteiger partial charge in [0.05, 0.1) is 0 Å². The van der Waals surface area contributed by atoms with Crippen molar-refractivity contribution in [1.82, 2.24) is 10.3 Å². The molecule has 18 heavy (non-hydrogen) atoms. The molecule has 1 rings (SSSR count). The molecule has 1 aromatic heterocycles. The minimum Gasteiger partial charge on any atom is -0.314 e. The Morgan fingerprint density at radius 2 is 2.11 bits per heavy atom. The summed E-state index contributed by atoms with van der Waals surface area (Å²) in [5.41, 5.74) is 1.19. The summed E-state index contributed by atoms with van der Waals surface area (Å²) in [7, 11) is 0. The zero-order valence-corrected chi connectivity index (χ0v) is 13.3. The summed E-state index contributed by atoms with van der Waals surface area (Å²) in [5, 5.41) is 3.64. The van der Waals surface area contributed by atoms with Gasteiger partial charge in [0, 0.05) is 22.4 Å². The molecule has 0 aliphatic rings. The average molecular weight is 313 g/mol. The van der Waals surface area contributed by atoms with Crippen LogP contribution < -0.4 is 5.32 Å². The summed E-state index contributed by atoms with van der Waals surface area (Å²) in [6.45, 7) is 7.94. The molecule has 3 heteroatoms. The van der Waals surface area contributed by atoms with Gasteiger partial charge in [-0.3, -0.25) is 4.98 Å². The van der Waals surface area contributed by atoms with Crippen LogP contribution in [-0.4, -0.2) is 17.6 Å². The molecule has 1 aromatic rings. The van der Waals surface area contributed by atoms with E-state index < -0.39 is 0 Å². The number of rotatable bonds is 8. The van der Waals surface area contributed by atoms with Gasteiger partial charge in [-0.2, -0.15) is 0 Å². The number of pyridine rings is 1. The van der Waals surface area contributed by atoms with Gasteiger partial charge in [-0.1, -0.05) is 20.8 Å². The van der Waals surface area contributed by atoms with Crippen LogP contribution >= 0.6 is 15.9 Å². The van der Waals surface area contributed by atoms with Gasteiger partial charge in [0.2, 0.25) is 0 Å². The lowest BCUT2D eigenvalue weighted by Gasteiger charge is -2.22. The summed E-state index contributed by atoms with van der Waals surface area (Å²) in [6.07, 6.45) is 6.59. The van der Waals surface area contributed by atoms with E-state index in [1.807, 2.05) is 6.20 Å². The zero-order valence-electron chi connectivity index (χ0n) is 11.7. The lowest BCUT2D eigenvalue weighted by Crippen LogP contribution is -2.34. The van der Waals surface area contributed by atoms with Crippen LogP contribution in [0, 0.1) is 5.92 Å². The number of nitrogens with zero attached hydrogens (tertiary/aromatic N) is 1. The fraction of sp³-hybridized carbons (Fsp3) is 0.667. The third-order valence-electron chi connectivity index (χ3n) is 3.20. The molecule has 0 saturated heterocycles. The van der Waals surface area contributed by atoms with E-state index in [4.69, 9.17) is 0 Å². The normalized spacial score (nSPS) is 12.9. The zero-order chi connectivity index (χ0) is 13.4.